The van der Waals surface area contributed by atoms with Gasteiger partial charge in [0, 0.05) is 26.1 Å². The molecule has 0 spiro atoms. The minimum atomic E-state index is -0.142. The van der Waals surface area contributed by atoms with E-state index in [4.69, 9.17) is 10.8 Å². The van der Waals surface area contributed by atoms with Gasteiger partial charge in [-0.1, -0.05) is 0 Å². The van der Waals surface area contributed by atoms with Crippen LogP contribution >= 0.6 is 0 Å². The third-order valence-electron chi connectivity index (χ3n) is 2.67. The maximum absolute atomic E-state index is 11.5. The molecule has 3 N–H and O–H groups in total. The number of rotatable bonds is 4. The van der Waals surface area contributed by atoms with Crippen molar-refractivity contribution in [3.63, 3.8) is 0 Å². The maximum Gasteiger partial charge on any atom is 0.223 e. The molecule has 1 fully saturated rings. The van der Waals surface area contributed by atoms with Gasteiger partial charge < -0.3 is 15.7 Å². The smallest absolute Gasteiger partial charge is 0.223 e. The summed E-state index contributed by atoms with van der Waals surface area (Å²) in [6.07, 6.45) is 1.93. The Morgan fingerprint density at radius 2 is 2.21 bits per heavy atom. The molecule has 1 aliphatic rings. The molecule has 1 atom stereocenters. The summed E-state index contributed by atoms with van der Waals surface area (Å²) in [6, 6.07) is -0.0723. The van der Waals surface area contributed by atoms with Gasteiger partial charge in [-0.05, 0) is 25.7 Å². The Bertz CT molecular complexity index is 200. The van der Waals surface area contributed by atoms with Gasteiger partial charge in [0.15, 0.2) is 0 Å². The lowest BCUT2D eigenvalue weighted by molar-refractivity contribution is -0.131. The Hall–Kier alpha value is -0.610. The third kappa shape index (κ3) is 3.27. The molecule has 1 unspecified atom stereocenters. The first-order valence-electron chi connectivity index (χ1n) is 5.16. The van der Waals surface area contributed by atoms with Gasteiger partial charge in [-0.3, -0.25) is 4.79 Å². The van der Waals surface area contributed by atoms with Crippen LogP contribution in [0, 0.1) is 5.92 Å². The molecule has 0 aromatic carbocycles. The molecule has 0 aromatic heterocycles. The number of aliphatic hydroxyl groups is 1. The lowest BCUT2D eigenvalue weighted by atomic mass is 9.82. The topological polar surface area (TPSA) is 66.6 Å². The maximum atomic E-state index is 11.5. The van der Waals surface area contributed by atoms with Crippen LogP contribution in [0.15, 0.2) is 0 Å². The van der Waals surface area contributed by atoms with Crippen LogP contribution in [0.1, 0.15) is 26.2 Å². The minimum absolute atomic E-state index is 0.0723. The van der Waals surface area contributed by atoms with Crippen molar-refractivity contribution in [2.45, 2.75) is 38.3 Å². The third-order valence-corrected chi connectivity index (χ3v) is 2.67. The molecule has 1 aliphatic carbocycles. The summed E-state index contributed by atoms with van der Waals surface area (Å²) in [5, 5.41) is 9.09. The van der Waals surface area contributed by atoms with Gasteiger partial charge in [-0.15, -0.1) is 0 Å². The van der Waals surface area contributed by atoms with Crippen LogP contribution in [0.25, 0.3) is 0 Å². The Morgan fingerprint density at radius 1 is 1.64 bits per heavy atom. The zero-order chi connectivity index (χ0) is 10.7. The van der Waals surface area contributed by atoms with Crippen LogP contribution in [0.3, 0.4) is 0 Å². The Balaban J connectivity index is 2.20. The van der Waals surface area contributed by atoms with Gasteiger partial charge in [0.2, 0.25) is 5.91 Å². The van der Waals surface area contributed by atoms with E-state index in [2.05, 4.69) is 0 Å². The molecule has 0 radical (unpaired) electrons. The zero-order valence-electron chi connectivity index (χ0n) is 8.94. The summed E-state index contributed by atoms with van der Waals surface area (Å²) in [7, 11) is 1.80. The predicted octanol–water partition coefficient (Wildman–Crippen LogP) is -0.0470. The Labute approximate surface area is 85.1 Å². The summed E-state index contributed by atoms with van der Waals surface area (Å²) < 4.78 is 0. The number of carbonyl (C=O) groups is 1. The van der Waals surface area contributed by atoms with Gasteiger partial charge in [0.1, 0.15) is 0 Å². The lowest BCUT2D eigenvalue weighted by Crippen LogP contribution is -2.40. The molecule has 1 amide bonds. The van der Waals surface area contributed by atoms with Crippen LogP contribution in [0.5, 0.6) is 0 Å². The molecule has 0 saturated heterocycles. The first-order chi connectivity index (χ1) is 6.49. The second kappa shape index (κ2) is 4.75. The van der Waals surface area contributed by atoms with E-state index >= 15 is 0 Å². The van der Waals surface area contributed by atoms with Crippen molar-refractivity contribution in [2.75, 3.05) is 13.6 Å². The molecule has 1 saturated carbocycles. The van der Waals surface area contributed by atoms with Crippen molar-refractivity contribution in [1.29, 1.82) is 0 Å². The van der Waals surface area contributed by atoms with Gasteiger partial charge in [-0.2, -0.15) is 0 Å². The van der Waals surface area contributed by atoms with E-state index in [0.717, 1.165) is 19.4 Å². The normalized spacial score (nSPS) is 28.0. The molecule has 0 aliphatic heterocycles. The number of amides is 1. The highest BCUT2D eigenvalue weighted by Gasteiger charge is 2.28. The number of carbonyl (C=O) groups excluding carboxylic acids is 1. The van der Waals surface area contributed by atoms with Crippen molar-refractivity contribution >= 4 is 5.91 Å². The molecule has 14 heavy (non-hydrogen) atoms. The lowest BCUT2D eigenvalue weighted by Gasteiger charge is -2.34. The fourth-order valence-corrected chi connectivity index (χ4v) is 1.77. The van der Waals surface area contributed by atoms with Crippen molar-refractivity contribution < 1.29 is 9.90 Å². The number of hydrogen-bond acceptors (Lipinski definition) is 3. The van der Waals surface area contributed by atoms with Gasteiger partial charge in [0.05, 0.1) is 6.10 Å². The second-order valence-corrected chi connectivity index (χ2v) is 4.45. The number of nitrogens with zero attached hydrogens (tertiary/aromatic N) is 1. The van der Waals surface area contributed by atoms with Crippen molar-refractivity contribution in [1.82, 2.24) is 4.90 Å². The van der Waals surface area contributed by atoms with Crippen LogP contribution in [-0.4, -0.2) is 41.7 Å². The van der Waals surface area contributed by atoms with E-state index in [1.807, 2.05) is 6.92 Å². The van der Waals surface area contributed by atoms with Gasteiger partial charge in [-0.25, -0.2) is 0 Å². The molecule has 0 aromatic rings. The molecule has 1 rings (SSSR count). The highest BCUT2D eigenvalue weighted by atomic mass is 16.3. The molecule has 4 heteroatoms. The molecular formula is C10H20N2O2. The molecule has 82 valence electrons. The summed E-state index contributed by atoms with van der Waals surface area (Å²) in [6.45, 7) is 2.58. The Kier molecular flexibility index (Phi) is 3.89. The van der Waals surface area contributed by atoms with E-state index in [1.54, 1.807) is 11.9 Å². The van der Waals surface area contributed by atoms with E-state index in [9.17, 15) is 4.79 Å². The van der Waals surface area contributed by atoms with Crippen LogP contribution in [-0.2, 0) is 4.79 Å². The number of aliphatic hydroxyl groups excluding tert-OH is 1. The summed E-state index contributed by atoms with van der Waals surface area (Å²) in [5.74, 6) is 0.577. The largest absolute Gasteiger partial charge is 0.393 e. The van der Waals surface area contributed by atoms with Crippen LogP contribution in [0.2, 0.25) is 0 Å². The predicted molar refractivity (Wildman–Crippen MR) is 54.6 cm³/mol. The standard InChI is InChI=1S/C10H20N2O2/c1-7(11)3-10(14)12(2)6-8-4-9(13)5-8/h7-9,13H,3-6,11H2,1-2H3. The molecule has 0 bridgehead atoms. The summed E-state index contributed by atoms with van der Waals surface area (Å²) in [4.78, 5) is 13.2. The van der Waals surface area contributed by atoms with Crippen molar-refractivity contribution in [3.8, 4) is 0 Å². The second-order valence-electron chi connectivity index (χ2n) is 4.45. The highest BCUT2D eigenvalue weighted by molar-refractivity contribution is 5.76. The number of hydrogen-bond donors (Lipinski definition) is 2. The van der Waals surface area contributed by atoms with Crippen LogP contribution < -0.4 is 5.73 Å². The van der Waals surface area contributed by atoms with Crippen LogP contribution in [0.4, 0.5) is 0 Å². The van der Waals surface area contributed by atoms with Gasteiger partial charge >= 0.3 is 0 Å². The zero-order valence-corrected chi connectivity index (χ0v) is 8.94. The summed E-state index contributed by atoms with van der Waals surface area (Å²) >= 11 is 0. The molecular weight excluding hydrogens is 180 g/mol. The minimum Gasteiger partial charge on any atom is -0.393 e. The average molecular weight is 200 g/mol. The molecule has 0 heterocycles. The SMILES string of the molecule is CC(N)CC(=O)N(C)CC1CC(O)C1. The van der Waals surface area contributed by atoms with E-state index in [0.29, 0.717) is 12.3 Å². The highest BCUT2D eigenvalue weighted by Crippen LogP contribution is 2.27. The summed E-state index contributed by atoms with van der Waals surface area (Å²) in [5.41, 5.74) is 5.54. The average Bonchev–Trinajstić information content (AvgIpc) is 2.00. The fraction of sp³-hybridized carbons (Fsp3) is 0.900. The quantitative estimate of drug-likeness (QED) is 0.669. The van der Waals surface area contributed by atoms with E-state index < -0.39 is 0 Å². The Morgan fingerprint density at radius 3 is 2.64 bits per heavy atom. The van der Waals surface area contributed by atoms with E-state index in [1.165, 1.54) is 0 Å². The first kappa shape index (κ1) is 11.5. The fourth-order valence-electron chi connectivity index (χ4n) is 1.77. The molecule has 4 nitrogen and oxygen atoms in total. The van der Waals surface area contributed by atoms with Crippen molar-refractivity contribution in [2.24, 2.45) is 11.7 Å². The van der Waals surface area contributed by atoms with Gasteiger partial charge in [0.25, 0.3) is 0 Å². The van der Waals surface area contributed by atoms with Crippen molar-refractivity contribution in [3.05, 3.63) is 0 Å². The first-order valence-corrected chi connectivity index (χ1v) is 5.16. The monoisotopic (exact) mass is 200 g/mol. The van der Waals surface area contributed by atoms with E-state index in [-0.39, 0.29) is 18.1 Å². The number of nitrogens with two attached hydrogens (primary N) is 1.